The van der Waals surface area contributed by atoms with E-state index in [4.69, 9.17) is 4.74 Å². The Labute approximate surface area is 213 Å². The first kappa shape index (κ1) is 27.3. The summed E-state index contributed by atoms with van der Waals surface area (Å²) in [7, 11) is 2.42. The molecule has 4 heterocycles. The fourth-order valence-corrected chi connectivity index (χ4v) is 7.53. The van der Waals surface area contributed by atoms with Crippen LogP contribution in [-0.4, -0.2) is 70.0 Å². The third kappa shape index (κ3) is 5.75. The zero-order valence-corrected chi connectivity index (χ0v) is 22.2. The molecule has 0 radical (unpaired) electrons. The van der Waals surface area contributed by atoms with E-state index < -0.39 is 53.8 Å². The van der Waals surface area contributed by atoms with Gasteiger partial charge in [0, 0.05) is 11.7 Å². The molecule has 1 unspecified atom stereocenters. The third-order valence-corrected chi connectivity index (χ3v) is 9.05. The highest BCUT2D eigenvalue weighted by Crippen LogP contribution is 2.43. The van der Waals surface area contributed by atoms with Crippen LogP contribution in [0.4, 0.5) is 0 Å². The molecule has 1 spiro atoms. The molecule has 4 aliphatic rings. The van der Waals surface area contributed by atoms with Crippen molar-refractivity contribution in [2.75, 3.05) is 12.3 Å². The van der Waals surface area contributed by atoms with Crippen LogP contribution in [0.3, 0.4) is 0 Å². The van der Waals surface area contributed by atoms with Crippen LogP contribution in [0.15, 0.2) is 23.9 Å². The van der Waals surface area contributed by atoms with E-state index in [2.05, 4.69) is 16.0 Å². The summed E-state index contributed by atoms with van der Waals surface area (Å²) in [5.74, 6) is -2.92. The molecule has 0 aromatic heterocycles. The van der Waals surface area contributed by atoms with Crippen LogP contribution in [0.1, 0.15) is 41.0 Å². The summed E-state index contributed by atoms with van der Waals surface area (Å²) < 4.78 is 5.38. The Hall–Kier alpha value is -2.31. The van der Waals surface area contributed by atoms with E-state index in [1.165, 1.54) is 27.8 Å². The largest absolute Gasteiger partial charge is 0.453 e. The lowest BCUT2D eigenvalue weighted by atomic mass is 10.00. The van der Waals surface area contributed by atoms with Gasteiger partial charge < -0.3 is 20.7 Å². The number of amides is 4. The number of nitrogens with zero attached hydrogens (tertiary/aromatic N) is 1. The minimum atomic E-state index is -0.955. The average molecular weight is 526 g/mol. The van der Waals surface area contributed by atoms with E-state index in [1.807, 2.05) is 13.8 Å². The quantitative estimate of drug-likeness (QED) is 0.122. The Kier molecular flexibility index (Phi) is 8.71. The van der Waals surface area contributed by atoms with E-state index in [9.17, 15) is 24.0 Å². The molecule has 0 aromatic carbocycles. The predicted molar refractivity (Wildman–Crippen MR) is 133 cm³/mol. The Morgan fingerprint density at radius 3 is 2.40 bits per heavy atom. The molecule has 12 heteroatoms. The summed E-state index contributed by atoms with van der Waals surface area (Å²) in [5.41, 5.74) is 0.0500. The molecular formula is C23H33N4O6S2+. The molecule has 4 aliphatic heterocycles. The zero-order valence-electron chi connectivity index (χ0n) is 20.5. The van der Waals surface area contributed by atoms with E-state index in [0.29, 0.717) is 0 Å². The van der Waals surface area contributed by atoms with E-state index in [1.54, 1.807) is 32.9 Å². The van der Waals surface area contributed by atoms with E-state index in [0.717, 1.165) is 0 Å². The number of hydrogen-bond acceptors (Lipinski definition) is 8. The Balaban J connectivity index is 2.19. The number of fused-ring (bicyclic) bond motifs is 8. The van der Waals surface area contributed by atoms with E-state index >= 15 is 0 Å². The molecule has 35 heavy (non-hydrogen) atoms. The highest BCUT2D eigenvalue weighted by atomic mass is 33.1. The van der Waals surface area contributed by atoms with Crippen LogP contribution in [0.5, 0.6) is 0 Å². The monoisotopic (exact) mass is 525 g/mol. The van der Waals surface area contributed by atoms with Crippen molar-refractivity contribution in [3.8, 4) is 0 Å². The number of rotatable bonds is 2. The number of ether oxygens (including phenoxy) is 1. The van der Waals surface area contributed by atoms with Crippen molar-refractivity contribution in [3.05, 3.63) is 23.9 Å². The molecule has 3 bridgehead atoms. The van der Waals surface area contributed by atoms with E-state index in [-0.39, 0.29) is 40.1 Å². The van der Waals surface area contributed by atoms with Gasteiger partial charge in [-0.15, -0.1) is 0 Å². The normalized spacial score (nSPS) is 33.9. The first-order valence-corrected chi connectivity index (χ1v) is 14.0. The van der Waals surface area contributed by atoms with Gasteiger partial charge in [-0.1, -0.05) is 33.8 Å². The second-order valence-electron chi connectivity index (χ2n) is 9.48. The van der Waals surface area contributed by atoms with Crippen molar-refractivity contribution in [1.29, 1.82) is 0 Å². The molecule has 10 nitrogen and oxygen atoms in total. The van der Waals surface area contributed by atoms with Crippen LogP contribution >= 0.6 is 21.8 Å². The molecule has 4 amide bonds. The molecule has 2 fully saturated rings. The molecule has 192 valence electrons. The summed E-state index contributed by atoms with van der Waals surface area (Å²) in [6.45, 7) is 9.03. The highest BCUT2D eigenvalue weighted by molar-refractivity contribution is 8.74. The topological polar surface area (TPSA) is 131 Å². The average Bonchev–Trinajstić information content (AvgIpc) is 2.80. The molecule has 3 N–H and O–H groups in total. The number of carbonyl (C=O) groups is 5. The molecule has 4 rings (SSSR count). The maximum absolute atomic E-state index is 13.9. The minimum absolute atomic E-state index is 0.0500. The Morgan fingerprint density at radius 1 is 1.06 bits per heavy atom. The van der Waals surface area contributed by atoms with Crippen LogP contribution in [0.2, 0.25) is 0 Å². The molecular weight excluding hydrogens is 492 g/mol. The summed E-state index contributed by atoms with van der Waals surface area (Å²) in [6.07, 6.45) is 3.87. The number of esters is 1. The maximum atomic E-state index is 13.9. The van der Waals surface area contributed by atoms with Crippen LogP contribution < -0.4 is 16.0 Å². The predicted octanol–water partition coefficient (Wildman–Crippen LogP) is 1.20. The molecule has 2 saturated heterocycles. The third-order valence-electron chi connectivity index (χ3n) is 6.14. The lowest BCUT2D eigenvalue weighted by molar-refractivity contribution is -0.731. The fourth-order valence-electron chi connectivity index (χ4n) is 4.35. The van der Waals surface area contributed by atoms with Gasteiger partial charge in [-0.25, -0.2) is 9.59 Å². The van der Waals surface area contributed by atoms with Gasteiger partial charge in [0.2, 0.25) is 23.8 Å². The van der Waals surface area contributed by atoms with Gasteiger partial charge in [0.15, 0.2) is 11.0 Å². The summed E-state index contributed by atoms with van der Waals surface area (Å²) in [4.78, 5) is 66.4. The van der Waals surface area contributed by atoms with Crippen LogP contribution in [-0.2, 0) is 28.7 Å². The van der Waals surface area contributed by atoms with Gasteiger partial charge in [-0.3, -0.25) is 14.4 Å². The molecule has 5 atom stereocenters. The molecule has 0 aromatic rings. The van der Waals surface area contributed by atoms with Crippen molar-refractivity contribution >= 4 is 51.4 Å². The van der Waals surface area contributed by atoms with Crippen LogP contribution in [0.25, 0.3) is 0 Å². The number of hydrogen-bond donors (Lipinski definition) is 3. The standard InChI is InChI=1S/C23H32N4O6S2/c1-6-15-22(31)27-9-7-8-14(33-23(32)19(27)13(4)5)10-17(28)26-18(12(2)3)21(30)25-16(11-34-35-27)20(29)24-15/h6-8,12-14,16,18-19H,9-11H2,1-5H3,(H2-,24,25,26,28,29,30)/p+1/t14-,16-,18-,19+,27?/m1/s1. The van der Waals surface area contributed by atoms with Gasteiger partial charge in [-0.2, -0.15) is 3.89 Å². The lowest BCUT2D eigenvalue weighted by Crippen LogP contribution is -2.62. The van der Waals surface area contributed by atoms with Gasteiger partial charge in [0.25, 0.3) is 0 Å². The molecule has 0 aliphatic carbocycles. The fraction of sp³-hybridized carbons (Fsp3) is 0.609. The second kappa shape index (κ2) is 11.2. The van der Waals surface area contributed by atoms with Gasteiger partial charge >= 0.3 is 11.9 Å². The highest BCUT2D eigenvalue weighted by Gasteiger charge is 2.55. The minimum Gasteiger partial charge on any atom is -0.453 e. The van der Waals surface area contributed by atoms with Crippen molar-refractivity contribution in [3.63, 3.8) is 0 Å². The zero-order chi connectivity index (χ0) is 25.9. The number of nitrogens with one attached hydrogen (secondary N) is 3. The summed E-state index contributed by atoms with van der Waals surface area (Å²) >= 11 is 0. The first-order chi connectivity index (χ1) is 16.5. The number of quaternary nitrogens is 1. The van der Waals surface area contributed by atoms with Gasteiger partial charge in [0.05, 0.1) is 6.42 Å². The second-order valence-corrected chi connectivity index (χ2v) is 12.0. The Bertz CT molecular complexity index is 966. The lowest BCUT2D eigenvalue weighted by Gasteiger charge is -2.40. The number of carbonyl (C=O) groups excluding carboxylic acids is 5. The SMILES string of the molecule is CC=C1NC(=O)[C@H]2CSS[N+]3(CC=C[C@H](CC(=O)N[C@H](C(C)C)C(=O)N2)OC(=O)[C@@H]3C(C)C)C1=O. The van der Waals surface area contributed by atoms with Crippen molar-refractivity contribution < 1.29 is 32.6 Å². The van der Waals surface area contributed by atoms with Crippen LogP contribution in [0, 0.1) is 11.8 Å². The summed E-state index contributed by atoms with van der Waals surface area (Å²) in [5, 5.41) is 8.13. The summed E-state index contributed by atoms with van der Waals surface area (Å²) in [6, 6.07) is -2.73. The molecule has 0 saturated carbocycles. The number of allylic oxidation sites excluding steroid dienone is 1. The van der Waals surface area contributed by atoms with Gasteiger partial charge in [-0.05, 0) is 35.8 Å². The van der Waals surface area contributed by atoms with Crippen molar-refractivity contribution in [2.45, 2.75) is 65.3 Å². The smallest absolute Gasteiger partial charge is 0.375 e. The Morgan fingerprint density at radius 2 is 1.77 bits per heavy atom. The van der Waals surface area contributed by atoms with Gasteiger partial charge in [0.1, 0.15) is 30.4 Å². The van der Waals surface area contributed by atoms with Crippen molar-refractivity contribution in [1.82, 2.24) is 16.0 Å². The van der Waals surface area contributed by atoms with Crippen molar-refractivity contribution in [2.24, 2.45) is 11.8 Å². The maximum Gasteiger partial charge on any atom is 0.375 e. The first-order valence-electron chi connectivity index (χ1n) is 11.7.